The maximum atomic E-state index is 13.1. The number of amides is 4. The molecule has 0 saturated carbocycles. The zero-order valence-corrected chi connectivity index (χ0v) is 18.3. The van der Waals surface area contributed by atoms with Crippen molar-refractivity contribution in [1.82, 2.24) is 14.7 Å². The van der Waals surface area contributed by atoms with E-state index in [1.807, 2.05) is 36.1 Å². The summed E-state index contributed by atoms with van der Waals surface area (Å²) >= 11 is 0. The van der Waals surface area contributed by atoms with Crippen LogP contribution in [0.3, 0.4) is 0 Å². The molecule has 7 nitrogen and oxygen atoms in total. The maximum Gasteiger partial charge on any atom is 0.321 e. The number of ether oxygens (including phenoxy) is 1. The zero-order valence-electron chi connectivity index (χ0n) is 18.3. The van der Waals surface area contributed by atoms with Crippen LogP contribution in [0.15, 0.2) is 48.5 Å². The highest BCUT2D eigenvalue weighted by Crippen LogP contribution is 2.26. The largest absolute Gasteiger partial charge is 0.492 e. The van der Waals surface area contributed by atoms with E-state index in [4.69, 9.17) is 4.74 Å². The Morgan fingerprint density at radius 3 is 2.50 bits per heavy atom. The minimum Gasteiger partial charge on any atom is -0.492 e. The summed E-state index contributed by atoms with van der Waals surface area (Å²) in [5.41, 5.74) is 1.58. The molecule has 0 aliphatic carbocycles. The number of likely N-dealkylation sites (tertiary alicyclic amines) is 1. The number of nitrogens with zero attached hydrogens (tertiary/aromatic N) is 3. The zero-order chi connectivity index (χ0) is 22.5. The molecule has 4 rings (SSSR count). The monoisotopic (exact) mass is 440 g/mol. The second-order valence-electron chi connectivity index (χ2n) is 8.10. The highest BCUT2D eigenvalue weighted by Gasteiger charge is 2.36. The van der Waals surface area contributed by atoms with E-state index in [0.717, 1.165) is 18.4 Å². The van der Waals surface area contributed by atoms with Crippen LogP contribution < -0.4 is 10.1 Å². The highest BCUT2D eigenvalue weighted by molar-refractivity contribution is 5.91. The lowest BCUT2D eigenvalue weighted by Crippen LogP contribution is -2.49. The molecule has 8 heteroatoms. The van der Waals surface area contributed by atoms with Gasteiger partial charge in [0.05, 0.1) is 12.3 Å². The van der Waals surface area contributed by atoms with Gasteiger partial charge >= 0.3 is 12.1 Å². The first-order chi connectivity index (χ1) is 15.5. The molecule has 1 N–H and O–H groups in total. The number of benzene rings is 2. The van der Waals surface area contributed by atoms with Crippen molar-refractivity contribution >= 4 is 17.7 Å². The summed E-state index contributed by atoms with van der Waals surface area (Å²) in [6.07, 6.45) is 1.49. The number of para-hydroxylation sites is 2. The van der Waals surface area contributed by atoms with E-state index in [1.54, 1.807) is 21.9 Å². The van der Waals surface area contributed by atoms with Crippen LogP contribution >= 0.6 is 0 Å². The third kappa shape index (κ3) is 4.95. The molecule has 32 heavy (non-hydrogen) atoms. The van der Waals surface area contributed by atoms with Gasteiger partial charge in [-0.1, -0.05) is 24.3 Å². The molecule has 0 bridgehead atoms. The van der Waals surface area contributed by atoms with Gasteiger partial charge in [-0.15, -0.1) is 0 Å². The lowest BCUT2D eigenvalue weighted by atomic mass is 10.0. The summed E-state index contributed by atoms with van der Waals surface area (Å²) in [6.45, 7) is 5.44. The molecule has 170 valence electrons. The van der Waals surface area contributed by atoms with Crippen LogP contribution in [0, 0.1) is 5.82 Å². The summed E-state index contributed by atoms with van der Waals surface area (Å²) in [6, 6.07) is 13.7. The second-order valence-corrected chi connectivity index (χ2v) is 8.10. The van der Waals surface area contributed by atoms with Gasteiger partial charge in [0, 0.05) is 38.8 Å². The van der Waals surface area contributed by atoms with E-state index in [1.165, 1.54) is 12.1 Å². The molecular formula is C24H29FN4O3. The van der Waals surface area contributed by atoms with Gasteiger partial charge in [0.15, 0.2) is 0 Å². The Balaban J connectivity index is 1.28. The Morgan fingerprint density at radius 2 is 1.78 bits per heavy atom. The molecule has 0 spiro atoms. The summed E-state index contributed by atoms with van der Waals surface area (Å²) in [5.74, 6) is 0.377. The first-order valence-electron chi connectivity index (χ1n) is 11.1. The Morgan fingerprint density at radius 1 is 1.06 bits per heavy atom. The summed E-state index contributed by atoms with van der Waals surface area (Å²) < 4.78 is 18.7. The third-order valence-electron chi connectivity index (χ3n) is 6.03. The molecule has 0 radical (unpaired) electrons. The molecule has 2 aromatic rings. The minimum absolute atomic E-state index is 0.0165. The fourth-order valence-corrected chi connectivity index (χ4v) is 4.32. The van der Waals surface area contributed by atoms with Gasteiger partial charge in [-0.2, -0.15) is 0 Å². The Hall–Kier alpha value is -3.29. The molecular weight excluding hydrogens is 411 g/mol. The molecule has 2 fully saturated rings. The van der Waals surface area contributed by atoms with Crippen LogP contribution in [-0.2, 0) is 6.54 Å². The first-order valence-corrected chi connectivity index (χ1v) is 11.1. The minimum atomic E-state index is -0.278. The Labute approximate surface area is 187 Å². The van der Waals surface area contributed by atoms with Crippen LogP contribution in [-0.4, -0.2) is 65.6 Å². The normalized spacial score (nSPS) is 17.1. The van der Waals surface area contributed by atoms with Gasteiger partial charge in [0.25, 0.3) is 0 Å². The lowest BCUT2D eigenvalue weighted by Gasteiger charge is -2.36. The predicted molar refractivity (Wildman–Crippen MR) is 120 cm³/mol. The molecule has 2 aliphatic heterocycles. The van der Waals surface area contributed by atoms with Crippen molar-refractivity contribution in [3.63, 3.8) is 0 Å². The summed E-state index contributed by atoms with van der Waals surface area (Å²) in [4.78, 5) is 31.2. The topological polar surface area (TPSA) is 65.1 Å². The first kappa shape index (κ1) is 21.9. The fraction of sp³-hybridized carbons (Fsp3) is 0.417. The molecule has 2 heterocycles. The van der Waals surface area contributed by atoms with Crippen LogP contribution in [0.25, 0.3) is 0 Å². The van der Waals surface area contributed by atoms with Crippen LogP contribution in [0.1, 0.15) is 25.3 Å². The number of carbonyl (C=O) groups excluding carboxylic acids is 2. The quantitative estimate of drug-likeness (QED) is 0.734. The number of halogens is 1. The van der Waals surface area contributed by atoms with Gasteiger partial charge in [-0.3, -0.25) is 0 Å². The van der Waals surface area contributed by atoms with Crippen molar-refractivity contribution < 1.29 is 18.7 Å². The van der Waals surface area contributed by atoms with E-state index in [2.05, 4.69) is 5.32 Å². The number of rotatable bonds is 6. The van der Waals surface area contributed by atoms with Crippen molar-refractivity contribution in [3.8, 4) is 5.75 Å². The Kier molecular flexibility index (Phi) is 6.78. The van der Waals surface area contributed by atoms with E-state index in [0.29, 0.717) is 50.8 Å². The molecule has 0 atom stereocenters. The summed E-state index contributed by atoms with van der Waals surface area (Å²) in [7, 11) is 0. The Bertz CT molecular complexity index is 945. The fourth-order valence-electron chi connectivity index (χ4n) is 4.32. The van der Waals surface area contributed by atoms with Crippen molar-refractivity contribution in [3.05, 3.63) is 59.9 Å². The van der Waals surface area contributed by atoms with E-state index >= 15 is 0 Å². The number of hydrogen-bond donors (Lipinski definition) is 1. The number of anilines is 1. The molecule has 2 aromatic carbocycles. The average molecular weight is 441 g/mol. The second kappa shape index (κ2) is 9.89. The maximum absolute atomic E-state index is 13.1. The molecule has 4 amide bonds. The van der Waals surface area contributed by atoms with E-state index in [-0.39, 0.29) is 23.9 Å². The van der Waals surface area contributed by atoms with Crippen molar-refractivity contribution in [1.29, 1.82) is 0 Å². The van der Waals surface area contributed by atoms with Crippen LogP contribution in [0.2, 0.25) is 0 Å². The van der Waals surface area contributed by atoms with Gasteiger partial charge in [-0.25, -0.2) is 14.0 Å². The summed E-state index contributed by atoms with van der Waals surface area (Å²) in [5, 5.41) is 2.94. The molecule has 2 aliphatic rings. The highest BCUT2D eigenvalue weighted by atomic mass is 19.1. The standard InChI is InChI=1S/C24H29FN4O3/c1-2-32-22-6-4-3-5-21(22)26-23(30)27-13-11-20(12-14-27)29-16-15-28(24(29)31)17-18-7-9-19(25)10-8-18/h3-10,20H,2,11-17H2,1H3,(H,26,30). The molecule has 0 unspecified atom stereocenters. The van der Waals surface area contributed by atoms with Crippen molar-refractivity contribution in [2.24, 2.45) is 0 Å². The SMILES string of the molecule is CCOc1ccccc1NC(=O)N1CCC(N2CCN(Cc3ccc(F)cc3)C2=O)CC1. The van der Waals surface area contributed by atoms with Gasteiger partial charge < -0.3 is 24.8 Å². The number of nitrogens with one attached hydrogen (secondary N) is 1. The number of urea groups is 2. The van der Waals surface area contributed by atoms with Crippen LogP contribution in [0.5, 0.6) is 5.75 Å². The van der Waals surface area contributed by atoms with E-state index < -0.39 is 0 Å². The third-order valence-corrected chi connectivity index (χ3v) is 6.03. The number of piperidine rings is 1. The van der Waals surface area contributed by atoms with Crippen molar-refractivity contribution in [2.45, 2.75) is 32.4 Å². The smallest absolute Gasteiger partial charge is 0.321 e. The lowest BCUT2D eigenvalue weighted by molar-refractivity contribution is 0.139. The number of carbonyl (C=O) groups is 2. The van der Waals surface area contributed by atoms with E-state index in [9.17, 15) is 14.0 Å². The van der Waals surface area contributed by atoms with Gasteiger partial charge in [0.2, 0.25) is 0 Å². The predicted octanol–water partition coefficient (Wildman–Crippen LogP) is 4.16. The molecule has 0 aromatic heterocycles. The molecule has 2 saturated heterocycles. The van der Waals surface area contributed by atoms with Crippen molar-refractivity contribution in [2.75, 3.05) is 38.1 Å². The average Bonchev–Trinajstić information content (AvgIpc) is 3.17. The van der Waals surface area contributed by atoms with Gasteiger partial charge in [-0.05, 0) is 49.6 Å². The van der Waals surface area contributed by atoms with Gasteiger partial charge in [0.1, 0.15) is 11.6 Å². The van der Waals surface area contributed by atoms with Crippen LogP contribution in [0.4, 0.5) is 19.7 Å². The number of hydrogen-bond acceptors (Lipinski definition) is 3.